The molecule has 7 nitrogen and oxygen atoms in total. The minimum Gasteiger partial charge on any atom is -0.459 e. The summed E-state index contributed by atoms with van der Waals surface area (Å²) in [4.78, 5) is 23.7. The Kier molecular flexibility index (Phi) is 6.63. The molecular weight excluding hydrogens is 370 g/mol. The van der Waals surface area contributed by atoms with E-state index < -0.39 is 0 Å². The molecule has 0 spiro atoms. The minimum absolute atomic E-state index is 0.152. The van der Waals surface area contributed by atoms with Gasteiger partial charge in [0.05, 0.1) is 11.8 Å². The van der Waals surface area contributed by atoms with E-state index in [2.05, 4.69) is 16.7 Å². The maximum atomic E-state index is 12.0. The van der Waals surface area contributed by atoms with Crippen LogP contribution in [0.1, 0.15) is 29.0 Å². The quantitative estimate of drug-likeness (QED) is 0.565. The Bertz CT molecular complexity index is 1010. The fourth-order valence-corrected chi connectivity index (χ4v) is 2.55. The normalized spacial score (nSPS) is 10.0. The van der Waals surface area contributed by atoms with Gasteiger partial charge in [0.25, 0.3) is 5.91 Å². The van der Waals surface area contributed by atoms with Crippen molar-refractivity contribution in [2.45, 2.75) is 12.8 Å². The lowest BCUT2D eigenvalue weighted by Crippen LogP contribution is -2.25. The SMILES string of the molecule is N#Cc1ccccc1Oc1ccc(NC(=O)CCCNC(=O)c2ccco2)cc1. The molecule has 0 aliphatic rings. The summed E-state index contributed by atoms with van der Waals surface area (Å²) in [6.07, 6.45) is 2.21. The number of hydrogen-bond donors (Lipinski definition) is 2. The van der Waals surface area contributed by atoms with Crippen molar-refractivity contribution < 1.29 is 18.7 Å². The number of para-hydroxylation sites is 1. The lowest BCUT2D eigenvalue weighted by molar-refractivity contribution is -0.116. The first-order valence-corrected chi connectivity index (χ1v) is 9.04. The number of nitrogens with one attached hydrogen (secondary N) is 2. The predicted molar refractivity (Wildman–Crippen MR) is 107 cm³/mol. The maximum Gasteiger partial charge on any atom is 0.286 e. The number of amides is 2. The van der Waals surface area contributed by atoms with Crippen molar-refractivity contribution >= 4 is 17.5 Å². The van der Waals surface area contributed by atoms with Gasteiger partial charge in [-0.2, -0.15) is 5.26 Å². The van der Waals surface area contributed by atoms with E-state index in [1.54, 1.807) is 60.7 Å². The molecule has 146 valence electrons. The number of hydrogen-bond acceptors (Lipinski definition) is 5. The highest BCUT2D eigenvalue weighted by Gasteiger charge is 2.08. The maximum absolute atomic E-state index is 12.0. The van der Waals surface area contributed by atoms with Crippen molar-refractivity contribution in [3.05, 3.63) is 78.3 Å². The van der Waals surface area contributed by atoms with Gasteiger partial charge in [0.15, 0.2) is 5.76 Å². The van der Waals surface area contributed by atoms with Crippen molar-refractivity contribution in [1.29, 1.82) is 5.26 Å². The molecule has 2 N–H and O–H groups in total. The standard InChI is InChI=1S/C22H19N3O4/c23-15-16-5-1-2-6-19(16)29-18-11-9-17(10-12-18)25-21(26)8-3-13-24-22(27)20-7-4-14-28-20/h1-2,4-7,9-12,14H,3,8,13H2,(H,24,27)(H,25,26). The number of furan rings is 1. The van der Waals surface area contributed by atoms with Crippen LogP contribution in [-0.4, -0.2) is 18.4 Å². The van der Waals surface area contributed by atoms with Crippen LogP contribution in [0.25, 0.3) is 0 Å². The Hall–Kier alpha value is -4.05. The molecule has 0 saturated carbocycles. The zero-order valence-corrected chi connectivity index (χ0v) is 15.6. The Morgan fingerprint density at radius 2 is 1.83 bits per heavy atom. The largest absolute Gasteiger partial charge is 0.459 e. The molecule has 1 aromatic heterocycles. The Morgan fingerprint density at radius 1 is 1.03 bits per heavy atom. The van der Waals surface area contributed by atoms with E-state index in [1.165, 1.54) is 6.26 Å². The van der Waals surface area contributed by atoms with Crippen LogP contribution in [0.3, 0.4) is 0 Å². The van der Waals surface area contributed by atoms with E-state index in [0.29, 0.717) is 35.7 Å². The smallest absolute Gasteiger partial charge is 0.286 e. The van der Waals surface area contributed by atoms with E-state index in [9.17, 15) is 9.59 Å². The fourth-order valence-electron chi connectivity index (χ4n) is 2.55. The zero-order chi connectivity index (χ0) is 20.5. The average molecular weight is 389 g/mol. The first-order chi connectivity index (χ1) is 14.2. The van der Waals surface area contributed by atoms with Gasteiger partial charge < -0.3 is 19.8 Å². The van der Waals surface area contributed by atoms with Gasteiger partial charge in [-0.05, 0) is 55.0 Å². The van der Waals surface area contributed by atoms with Crippen LogP contribution in [0.2, 0.25) is 0 Å². The van der Waals surface area contributed by atoms with E-state index in [-0.39, 0.29) is 24.0 Å². The van der Waals surface area contributed by atoms with Crippen LogP contribution >= 0.6 is 0 Å². The molecule has 2 amide bonds. The van der Waals surface area contributed by atoms with Crippen LogP contribution in [0.5, 0.6) is 11.5 Å². The molecule has 0 saturated heterocycles. The van der Waals surface area contributed by atoms with Crippen molar-refractivity contribution in [3.63, 3.8) is 0 Å². The molecule has 1 heterocycles. The van der Waals surface area contributed by atoms with Gasteiger partial charge >= 0.3 is 0 Å². The second-order valence-corrected chi connectivity index (χ2v) is 6.12. The number of nitriles is 1. The van der Waals surface area contributed by atoms with Crippen molar-refractivity contribution in [3.8, 4) is 17.6 Å². The zero-order valence-electron chi connectivity index (χ0n) is 15.6. The highest BCUT2D eigenvalue weighted by atomic mass is 16.5. The minimum atomic E-state index is -0.302. The molecule has 0 radical (unpaired) electrons. The van der Waals surface area contributed by atoms with Crippen LogP contribution in [0, 0.1) is 11.3 Å². The van der Waals surface area contributed by atoms with Crippen molar-refractivity contribution in [1.82, 2.24) is 5.32 Å². The highest BCUT2D eigenvalue weighted by Crippen LogP contribution is 2.25. The number of nitrogens with zero attached hydrogens (tertiary/aromatic N) is 1. The summed E-state index contributed by atoms with van der Waals surface area (Å²) in [5.41, 5.74) is 1.08. The molecule has 0 fully saturated rings. The van der Waals surface area contributed by atoms with Crippen molar-refractivity contribution in [2.75, 3.05) is 11.9 Å². The van der Waals surface area contributed by atoms with Gasteiger partial charge in [-0.15, -0.1) is 0 Å². The summed E-state index contributed by atoms with van der Waals surface area (Å²) in [7, 11) is 0. The molecular formula is C22H19N3O4. The number of benzene rings is 2. The van der Waals surface area contributed by atoms with Gasteiger partial charge in [-0.1, -0.05) is 12.1 Å². The molecule has 3 aromatic rings. The van der Waals surface area contributed by atoms with E-state index in [1.807, 2.05) is 0 Å². The average Bonchev–Trinajstić information content (AvgIpc) is 3.28. The monoisotopic (exact) mass is 389 g/mol. The van der Waals surface area contributed by atoms with Crippen LogP contribution in [0.4, 0.5) is 5.69 Å². The molecule has 2 aromatic carbocycles. The van der Waals surface area contributed by atoms with E-state index >= 15 is 0 Å². The molecule has 0 aliphatic heterocycles. The second-order valence-electron chi connectivity index (χ2n) is 6.12. The third-order valence-corrected chi connectivity index (χ3v) is 3.98. The second kappa shape index (κ2) is 9.76. The third kappa shape index (κ3) is 5.71. The number of ether oxygens (including phenoxy) is 1. The van der Waals surface area contributed by atoms with Gasteiger partial charge in [-0.3, -0.25) is 9.59 Å². The summed E-state index contributed by atoms with van der Waals surface area (Å²) in [5.74, 6) is 0.827. The first kappa shape index (κ1) is 19.7. The Balaban J connectivity index is 1.43. The van der Waals surface area contributed by atoms with Gasteiger partial charge in [0, 0.05) is 18.7 Å². The molecule has 0 atom stereocenters. The molecule has 0 unspecified atom stereocenters. The van der Waals surface area contributed by atoms with E-state index in [0.717, 1.165) is 0 Å². The topological polar surface area (TPSA) is 104 Å². The molecule has 0 aliphatic carbocycles. The van der Waals surface area contributed by atoms with Crippen LogP contribution in [0.15, 0.2) is 71.3 Å². The first-order valence-electron chi connectivity index (χ1n) is 9.04. The van der Waals surface area contributed by atoms with Crippen LogP contribution < -0.4 is 15.4 Å². The summed E-state index contributed by atoms with van der Waals surface area (Å²) in [6.45, 7) is 0.373. The molecule has 0 bridgehead atoms. The lowest BCUT2D eigenvalue weighted by atomic mass is 10.2. The fraction of sp³-hybridized carbons (Fsp3) is 0.136. The predicted octanol–water partition coefficient (Wildman–Crippen LogP) is 4.09. The molecule has 7 heteroatoms. The third-order valence-electron chi connectivity index (χ3n) is 3.98. The van der Waals surface area contributed by atoms with Gasteiger partial charge in [0.2, 0.25) is 5.91 Å². The lowest BCUT2D eigenvalue weighted by Gasteiger charge is -2.09. The molecule has 29 heavy (non-hydrogen) atoms. The van der Waals surface area contributed by atoms with E-state index in [4.69, 9.17) is 14.4 Å². The Labute approximate surface area is 167 Å². The van der Waals surface area contributed by atoms with Crippen LogP contribution in [-0.2, 0) is 4.79 Å². The van der Waals surface area contributed by atoms with Crippen molar-refractivity contribution in [2.24, 2.45) is 0 Å². The number of rotatable bonds is 8. The van der Waals surface area contributed by atoms with Gasteiger partial charge in [0.1, 0.15) is 17.6 Å². The molecule has 3 rings (SSSR count). The summed E-state index contributed by atoms with van der Waals surface area (Å²) >= 11 is 0. The van der Waals surface area contributed by atoms with Gasteiger partial charge in [-0.25, -0.2) is 0 Å². The summed E-state index contributed by atoms with van der Waals surface area (Å²) in [5, 5.41) is 14.6. The highest BCUT2D eigenvalue weighted by molar-refractivity contribution is 5.92. The number of anilines is 1. The summed E-state index contributed by atoms with van der Waals surface area (Å²) in [6, 6.07) is 19.1. The number of carbonyl (C=O) groups is 2. The number of carbonyl (C=O) groups excluding carboxylic acids is 2. The summed E-state index contributed by atoms with van der Waals surface area (Å²) < 4.78 is 10.7. The Morgan fingerprint density at radius 3 is 2.55 bits per heavy atom.